The van der Waals surface area contributed by atoms with Crippen molar-refractivity contribution >= 4 is 5.91 Å². The number of likely N-dealkylation sites (tertiary alicyclic amines) is 1. The number of aromatic nitrogens is 1. The van der Waals surface area contributed by atoms with E-state index in [0.29, 0.717) is 23.8 Å². The third-order valence-electron chi connectivity index (χ3n) is 5.81. The predicted molar refractivity (Wildman–Crippen MR) is 81.8 cm³/mol. The van der Waals surface area contributed by atoms with Gasteiger partial charge in [0.15, 0.2) is 0 Å². The molecule has 1 spiro atoms. The number of hydrogen-bond donors (Lipinski definition) is 0. The molecule has 3 aliphatic rings. The molecule has 0 radical (unpaired) electrons. The van der Waals surface area contributed by atoms with Crippen molar-refractivity contribution in [1.82, 2.24) is 9.88 Å². The lowest BCUT2D eigenvalue weighted by Gasteiger charge is -2.63. The Hall–Kier alpha value is -1.38. The van der Waals surface area contributed by atoms with E-state index in [1.54, 1.807) is 0 Å². The van der Waals surface area contributed by atoms with E-state index >= 15 is 0 Å². The first kappa shape index (κ1) is 13.3. The van der Waals surface area contributed by atoms with Crippen LogP contribution in [0, 0.1) is 11.3 Å². The van der Waals surface area contributed by atoms with Crippen LogP contribution in [0.3, 0.4) is 0 Å². The highest BCUT2D eigenvalue weighted by atomic mass is 16.2. The van der Waals surface area contributed by atoms with E-state index in [1.165, 1.54) is 37.7 Å². The molecule has 1 amide bonds. The van der Waals surface area contributed by atoms with Gasteiger partial charge in [0.2, 0.25) is 5.91 Å². The molecule has 1 atom stereocenters. The normalized spacial score (nSPS) is 26.3. The Morgan fingerprint density at radius 2 is 2.19 bits per heavy atom. The first-order valence-electron chi connectivity index (χ1n) is 8.45. The second kappa shape index (κ2) is 4.82. The fraction of sp³-hybridized carbons (Fsp3) is 0.667. The van der Waals surface area contributed by atoms with Gasteiger partial charge in [0.05, 0.1) is 6.42 Å². The van der Waals surface area contributed by atoms with Crippen LogP contribution in [-0.2, 0) is 17.6 Å². The molecule has 3 fully saturated rings. The van der Waals surface area contributed by atoms with Gasteiger partial charge in [-0.05, 0) is 49.7 Å². The van der Waals surface area contributed by atoms with E-state index in [4.69, 9.17) is 0 Å². The molecule has 1 aliphatic heterocycles. The molecule has 0 aromatic carbocycles. The molecule has 112 valence electrons. The summed E-state index contributed by atoms with van der Waals surface area (Å²) in [5.41, 5.74) is 2.68. The Bertz CT molecular complexity index is 543. The molecule has 1 aromatic heterocycles. The molecule has 0 N–H and O–H groups in total. The maximum atomic E-state index is 12.6. The fourth-order valence-corrected chi connectivity index (χ4v) is 4.27. The maximum absolute atomic E-state index is 12.6. The lowest BCUT2D eigenvalue weighted by atomic mass is 9.56. The van der Waals surface area contributed by atoms with Crippen LogP contribution in [0.15, 0.2) is 18.3 Å². The number of carbonyl (C=O) groups is 1. The van der Waals surface area contributed by atoms with Crippen LogP contribution in [0.25, 0.3) is 0 Å². The van der Waals surface area contributed by atoms with E-state index in [2.05, 4.69) is 22.9 Å². The predicted octanol–water partition coefficient (Wildman–Crippen LogP) is 2.98. The molecule has 3 heteroatoms. The van der Waals surface area contributed by atoms with Crippen LogP contribution >= 0.6 is 0 Å². The highest BCUT2D eigenvalue weighted by molar-refractivity contribution is 5.80. The van der Waals surface area contributed by atoms with Gasteiger partial charge in [-0.2, -0.15) is 0 Å². The molecular formula is C18H24N2O. The lowest BCUT2D eigenvalue weighted by molar-refractivity contribution is -0.170. The number of pyridine rings is 1. The Balaban J connectivity index is 1.42. The van der Waals surface area contributed by atoms with E-state index < -0.39 is 0 Å². The van der Waals surface area contributed by atoms with Gasteiger partial charge in [-0.1, -0.05) is 19.4 Å². The van der Waals surface area contributed by atoms with Gasteiger partial charge in [0.1, 0.15) is 0 Å². The second-order valence-electron chi connectivity index (χ2n) is 7.21. The average molecular weight is 284 g/mol. The van der Waals surface area contributed by atoms with Crippen molar-refractivity contribution in [2.75, 3.05) is 6.54 Å². The standard InChI is InChI=1S/C18H24N2O/c1-2-13-4-7-15(19-11-13)10-16(21)20-12-18(8-3-9-18)17(20)14-5-6-14/h4,7,11,14,17H,2-3,5-6,8-10,12H2,1H3/t17-/m0/s1. The monoisotopic (exact) mass is 284 g/mol. The Labute approximate surface area is 126 Å². The molecular weight excluding hydrogens is 260 g/mol. The largest absolute Gasteiger partial charge is 0.338 e. The molecule has 3 nitrogen and oxygen atoms in total. The minimum atomic E-state index is 0.293. The average Bonchev–Trinajstić information content (AvgIpc) is 3.21. The van der Waals surface area contributed by atoms with Crippen molar-refractivity contribution in [1.29, 1.82) is 0 Å². The number of rotatable bonds is 4. The van der Waals surface area contributed by atoms with Crippen molar-refractivity contribution in [2.24, 2.45) is 11.3 Å². The molecule has 1 aromatic rings. The minimum absolute atomic E-state index is 0.293. The van der Waals surface area contributed by atoms with Crippen molar-refractivity contribution in [2.45, 2.75) is 57.9 Å². The van der Waals surface area contributed by atoms with Gasteiger partial charge in [-0.25, -0.2) is 0 Å². The van der Waals surface area contributed by atoms with Gasteiger partial charge < -0.3 is 4.90 Å². The van der Waals surface area contributed by atoms with Gasteiger partial charge in [0, 0.05) is 29.9 Å². The number of amides is 1. The zero-order chi connectivity index (χ0) is 14.4. The quantitative estimate of drug-likeness (QED) is 0.851. The Morgan fingerprint density at radius 3 is 2.71 bits per heavy atom. The van der Waals surface area contributed by atoms with Crippen molar-refractivity contribution in [3.05, 3.63) is 29.6 Å². The fourth-order valence-electron chi connectivity index (χ4n) is 4.27. The number of carbonyl (C=O) groups excluding carboxylic acids is 1. The van der Waals surface area contributed by atoms with Crippen molar-refractivity contribution in [3.8, 4) is 0 Å². The SMILES string of the molecule is CCc1ccc(CC(=O)N2CC3(CCC3)[C@@H]2C2CC2)nc1. The molecule has 2 saturated carbocycles. The maximum Gasteiger partial charge on any atom is 0.228 e. The second-order valence-corrected chi connectivity index (χ2v) is 7.21. The summed E-state index contributed by atoms with van der Waals surface area (Å²) in [6, 6.07) is 4.67. The zero-order valence-electron chi connectivity index (χ0n) is 12.8. The summed E-state index contributed by atoms with van der Waals surface area (Å²) in [5.74, 6) is 1.10. The summed E-state index contributed by atoms with van der Waals surface area (Å²) in [5, 5.41) is 0. The van der Waals surface area contributed by atoms with Crippen LogP contribution in [0.4, 0.5) is 0 Å². The van der Waals surface area contributed by atoms with Crippen LogP contribution in [0.2, 0.25) is 0 Å². The molecule has 1 saturated heterocycles. The summed E-state index contributed by atoms with van der Waals surface area (Å²) in [6.45, 7) is 3.14. The van der Waals surface area contributed by atoms with E-state index in [-0.39, 0.29) is 0 Å². The first-order valence-corrected chi connectivity index (χ1v) is 8.45. The van der Waals surface area contributed by atoms with Gasteiger partial charge in [-0.15, -0.1) is 0 Å². The van der Waals surface area contributed by atoms with Crippen LogP contribution in [0.1, 0.15) is 50.3 Å². The third kappa shape index (κ3) is 2.18. The third-order valence-corrected chi connectivity index (χ3v) is 5.81. The van der Waals surface area contributed by atoms with Crippen LogP contribution in [-0.4, -0.2) is 28.4 Å². The summed E-state index contributed by atoms with van der Waals surface area (Å²) in [6.07, 6.45) is 10.1. The molecule has 2 aliphatic carbocycles. The molecule has 21 heavy (non-hydrogen) atoms. The Morgan fingerprint density at radius 1 is 1.38 bits per heavy atom. The highest BCUT2D eigenvalue weighted by Gasteiger charge is 2.61. The minimum Gasteiger partial charge on any atom is -0.338 e. The highest BCUT2D eigenvalue weighted by Crippen LogP contribution is 2.59. The van der Waals surface area contributed by atoms with Gasteiger partial charge in [0.25, 0.3) is 0 Å². The van der Waals surface area contributed by atoms with E-state index in [0.717, 1.165) is 24.6 Å². The lowest BCUT2D eigenvalue weighted by Crippen LogP contribution is -2.70. The van der Waals surface area contributed by atoms with Crippen LogP contribution < -0.4 is 0 Å². The van der Waals surface area contributed by atoms with Crippen molar-refractivity contribution < 1.29 is 4.79 Å². The number of hydrogen-bond acceptors (Lipinski definition) is 2. The zero-order valence-corrected chi connectivity index (χ0v) is 12.8. The number of aryl methyl sites for hydroxylation is 1. The van der Waals surface area contributed by atoms with E-state index in [9.17, 15) is 4.79 Å². The molecule has 2 heterocycles. The molecule has 0 unspecified atom stereocenters. The Kier molecular flexibility index (Phi) is 3.05. The smallest absolute Gasteiger partial charge is 0.228 e. The van der Waals surface area contributed by atoms with Crippen LogP contribution in [0.5, 0.6) is 0 Å². The van der Waals surface area contributed by atoms with E-state index in [1.807, 2.05) is 12.3 Å². The molecule has 0 bridgehead atoms. The van der Waals surface area contributed by atoms with Crippen molar-refractivity contribution in [3.63, 3.8) is 0 Å². The summed E-state index contributed by atoms with van der Waals surface area (Å²) >= 11 is 0. The summed E-state index contributed by atoms with van der Waals surface area (Å²) < 4.78 is 0. The number of nitrogens with zero attached hydrogens (tertiary/aromatic N) is 2. The summed E-state index contributed by atoms with van der Waals surface area (Å²) in [7, 11) is 0. The first-order chi connectivity index (χ1) is 10.2. The van der Waals surface area contributed by atoms with Gasteiger partial charge in [-0.3, -0.25) is 9.78 Å². The van der Waals surface area contributed by atoms with Gasteiger partial charge >= 0.3 is 0 Å². The molecule has 4 rings (SSSR count). The summed E-state index contributed by atoms with van der Waals surface area (Å²) in [4.78, 5) is 19.2. The topological polar surface area (TPSA) is 33.2 Å².